The summed E-state index contributed by atoms with van der Waals surface area (Å²) < 4.78 is 0. The molecular weight excluding hydrogens is 204 g/mol. The Bertz CT molecular complexity index is 257. The number of hydrogen-bond acceptors (Lipinski definition) is 0. The minimum atomic E-state index is 0.553. The van der Waals surface area contributed by atoms with Gasteiger partial charge in [-0.15, -0.1) is 0 Å². The summed E-state index contributed by atoms with van der Waals surface area (Å²) in [6.45, 7) is 9.40. The van der Waals surface area contributed by atoms with Crippen LogP contribution in [0.25, 0.3) is 0 Å². The van der Waals surface area contributed by atoms with Gasteiger partial charge in [0, 0.05) is 0 Å². The molecule has 2 unspecified atom stereocenters. The van der Waals surface area contributed by atoms with Crippen molar-refractivity contribution in [2.75, 3.05) is 0 Å². The van der Waals surface area contributed by atoms with Crippen molar-refractivity contribution in [2.24, 2.45) is 17.3 Å². The number of allylic oxidation sites excluding steroid dienone is 1. The normalized spacial score (nSPS) is 37.5. The number of rotatable bonds is 1. The van der Waals surface area contributed by atoms with E-state index in [1.165, 1.54) is 69.8 Å². The van der Waals surface area contributed by atoms with Gasteiger partial charge in [0.25, 0.3) is 0 Å². The van der Waals surface area contributed by atoms with Gasteiger partial charge >= 0.3 is 0 Å². The van der Waals surface area contributed by atoms with E-state index >= 15 is 0 Å². The van der Waals surface area contributed by atoms with Crippen molar-refractivity contribution in [3.63, 3.8) is 0 Å². The third-order valence-corrected chi connectivity index (χ3v) is 5.85. The molecule has 0 nitrogen and oxygen atoms in total. The predicted molar refractivity (Wildman–Crippen MR) is 76.1 cm³/mol. The molecule has 0 bridgehead atoms. The summed E-state index contributed by atoms with van der Waals surface area (Å²) in [5.74, 6) is 1.71. The van der Waals surface area contributed by atoms with Crippen molar-refractivity contribution in [1.82, 2.24) is 0 Å². The van der Waals surface area contributed by atoms with Crippen LogP contribution < -0.4 is 0 Å². The minimum absolute atomic E-state index is 0.553. The van der Waals surface area contributed by atoms with Crippen LogP contribution in [0.1, 0.15) is 78.1 Å². The predicted octanol–water partition coefficient (Wildman–Crippen LogP) is 5.73. The van der Waals surface area contributed by atoms with Gasteiger partial charge in [0.05, 0.1) is 0 Å². The number of hydrogen-bond donors (Lipinski definition) is 0. The molecule has 17 heavy (non-hydrogen) atoms. The highest BCUT2D eigenvalue weighted by molar-refractivity contribution is 5.08. The Labute approximate surface area is 108 Å². The first-order chi connectivity index (χ1) is 8.14. The molecule has 2 aliphatic carbocycles. The first-order valence-electron chi connectivity index (χ1n) is 7.82. The monoisotopic (exact) mass is 234 g/mol. The maximum atomic E-state index is 4.37. The fraction of sp³-hybridized carbons (Fsp3) is 0.882. The van der Waals surface area contributed by atoms with Gasteiger partial charge in [-0.2, -0.15) is 0 Å². The minimum Gasteiger partial charge on any atom is -0.0996 e. The van der Waals surface area contributed by atoms with Gasteiger partial charge in [0.2, 0.25) is 0 Å². The molecule has 0 aromatic rings. The van der Waals surface area contributed by atoms with Crippen LogP contribution in [0.5, 0.6) is 0 Å². The highest BCUT2D eigenvalue weighted by atomic mass is 14.4. The van der Waals surface area contributed by atoms with Gasteiger partial charge in [0.15, 0.2) is 0 Å². The van der Waals surface area contributed by atoms with E-state index in [1.54, 1.807) is 0 Å². The highest BCUT2D eigenvalue weighted by Gasteiger charge is 2.40. The van der Waals surface area contributed by atoms with Gasteiger partial charge in [0.1, 0.15) is 0 Å². The smallest absolute Gasteiger partial charge is 0.0178 e. The maximum Gasteiger partial charge on any atom is -0.0178 e. The Balaban J connectivity index is 2.15. The first kappa shape index (κ1) is 13.2. The van der Waals surface area contributed by atoms with Crippen LogP contribution in [0, 0.1) is 17.3 Å². The Morgan fingerprint density at radius 2 is 1.65 bits per heavy atom. The standard InChI is InChI=1S/C17H30/c1-14-10-8-9-13-17(3,15(14)2)16-11-6-4-5-7-12-16/h15-16H,1,4-13H2,2-3H3. The van der Waals surface area contributed by atoms with Crippen LogP contribution in [-0.4, -0.2) is 0 Å². The van der Waals surface area contributed by atoms with Gasteiger partial charge in [-0.3, -0.25) is 0 Å². The van der Waals surface area contributed by atoms with Gasteiger partial charge in [-0.25, -0.2) is 0 Å². The average molecular weight is 234 g/mol. The molecule has 2 aliphatic rings. The molecule has 98 valence electrons. The fourth-order valence-corrected chi connectivity index (χ4v) is 4.25. The van der Waals surface area contributed by atoms with E-state index in [2.05, 4.69) is 20.4 Å². The van der Waals surface area contributed by atoms with Crippen LogP contribution >= 0.6 is 0 Å². The Morgan fingerprint density at radius 1 is 1.00 bits per heavy atom. The lowest BCUT2D eigenvalue weighted by atomic mass is 9.62. The summed E-state index contributed by atoms with van der Waals surface area (Å²) >= 11 is 0. The molecule has 0 amide bonds. The van der Waals surface area contributed by atoms with Crippen LogP contribution in [0.3, 0.4) is 0 Å². The molecule has 0 heteroatoms. The second-order valence-corrected chi connectivity index (χ2v) is 6.78. The van der Waals surface area contributed by atoms with E-state index in [-0.39, 0.29) is 0 Å². The molecule has 2 rings (SSSR count). The van der Waals surface area contributed by atoms with Gasteiger partial charge < -0.3 is 0 Å². The van der Waals surface area contributed by atoms with Gasteiger partial charge in [-0.05, 0) is 49.4 Å². The summed E-state index contributed by atoms with van der Waals surface area (Å²) in [4.78, 5) is 0. The zero-order chi connectivity index (χ0) is 12.3. The molecule has 0 aromatic carbocycles. The molecule has 2 fully saturated rings. The molecule has 0 heterocycles. The lowest BCUT2D eigenvalue weighted by Crippen LogP contribution is -2.34. The van der Waals surface area contributed by atoms with Crippen molar-refractivity contribution in [1.29, 1.82) is 0 Å². The molecule has 2 atom stereocenters. The SMILES string of the molecule is C=C1CCCCC(C)(C2CCCCCC2)C1C. The summed E-state index contributed by atoms with van der Waals surface area (Å²) in [5.41, 5.74) is 2.09. The summed E-state index contributed by atoms with van der Waals surface area (Å²) in [5, 5.41) is 0. The van der Waals surface area contributed by atoms with Crippen LogP contribution in [-0.2, 0) is 0 Å². The lowest BCUT2D eigenvalue weighted by molar-refractivity contribution is 0.0994. The van der Waals surface area contributed by atoms with Crippen molar-refractivity contribution >= 4 is 0 Å². The summed E-state index contributed by atoms with van der Waals surface area (Å²) in [6.07, 6.45) is 14.4. The van der Waals surface area contributed by atoms with Crippen molar-refractivity contribution in [3.05, 3.63) is 12.2 Å². The van der Waals surface area contributed by atoms with Crippen LogP contribution in [0.4, 0.5) is 0 Å². The lowest BCUT2D eigenvalue weighted by Gasteiger charge is -2.42. The van der Waals surface area contributed by atoms with E-state index in [9.17, 15) is 0 Å². The Hall–Kier alpha value is -0.260. The molecule has 0 N–H and O–H groups in total. The van der Waals surface area contributed by atoms with E-state index in [4.69, 9.17) is 0 Å². The summed E-state index contributed by atoms with van der Waals surface area (Å²) in [7, 11) is 0. The van der Waals surface area contributed by atoms with Gasteiger partial charge in [-0.1, -0.05) is 58.1 Å². The zero-order valence-corrected chi connectivity index (χ0v) is 11.9. The molecule has 0 aromatic heterocycles. The first-order valence-corrected chi connectivity index (χ1v) is 7.82. The molecule has 0 saturated heterocycles. The third kappa shape index (κ3) is 2.77. The second kappa shape index (κ2) is 5.59. The molecule has 0 spiro atoms. The van der Waals surface area contributed by atoms with Crippen molar-refractivity contribution in [2.45, 2.75) is 78.1 Å². The Morgan fingerprint density at radius 3 is 2.29 bits per heavy atom. The molecule has 0 radical (unpaired) electrons. The van der Waals surface area contributed by atoms with E-state index in [1.807, 2.05) is 0 Å². The maximum absolute atomic E-state index is 4.37. The topological polar surface area (TPSA) is 0 Å². The quantitative estimate of drug-likeness (QED) is 0.401. The van der Waals surface area contributed by atoms with E-state index < -0.39 is 0 Å². The van der Waals surface area contributed by atoms with Crippen molar-refractivity contribution in [3.8, 4) is 0 Å². The Kier molecular flexibility index (Phi) is 4.33. The third-order valence-electron chi connectivity index (χ3n) is 5.85. The molecule has 0 aliphatic heterocycles. The van der Waals surface area contributed by atoms with Crippen LogP contribution in [0.2, 0.25) is 0 Å². The average Bonchev–Trinajstić information content (AvgIpc) is 2.66. The van der Waals surface area contributed by atoms with Crippen molar-refractivity contribution < 1.29 is 0 Å². The zero-order valence-electron chi connectivity index (χ0n) is 11.9. The largest absolute Gasteiger partial charge is 0.0996 e. The fourth-order valence-electron chi connectivity index (χ4n) is 4.25. The summed E-state index contributed by atoms with van der Waals surface area (Å²) in [6, 6.07) is 0. The van der Waals surface area contributed by atoms with Crippen LogP contribution in [0.15, 0.2) is 12.2 Å². The molecular formula is C17H30. The van der Waals surface area contributed by atoms with E-state index in [0.29, 0.717) is 5.41 Å². The van der Waals surface area contributed by atoms with E-state index in [0.717, 1.165) is 11.8 Å². The second-order valence-electron chi connectivity index (χ2n) is 6.78. The molecule has 2 saturated carbocycles. The highest BCUT2D eigenvalue weighted by Crippen LogP contribution is 2.50.